The van der Waals surface area contributed by atoms with Crippen molar-refractivity contribution in [1.29, 1.82) is 0 Å². The van der Waals surface area contributed by atoms with Gasteiger partial charge in [0.05, 0.1) is 15.9 Å². The Morgan fingerprint density at radius 3 is 2.37 bits per heavy atom. The molecule has 0 aliphatic carbocycles. The number of hydrogen-bond acceptors (Lipinski definition) is 0. The van der Waals surface area contributed by atoms with E-state index in [1.807, 2.05) is 26.0 Å². The van der Waals surface area contributed by atoms with Gasteiger partial charge in [-0.1, -0.05) is 40.9 Å². The van der Waals surface area contributed by atoms with E-state index in [1.54, 1.807) is 18.2 Å². The third-order valence-electron chi connectivity index (χ3n) is 2.86. The first kappa shape index (κ1) is 14.7. The monoisotopic (exact) mass is 315 g/mol. The number of rotatable bonds is 3. The van der Waals surface area contributed by atoms with Gasteiger partial charge >= 0.3 is 0 Å². The van der Waals surface area contributed by atoms with Gasteiger partial charge in [0.15, 0.2) is 9.79 Å². The van der Waals surface area contributed by atoms with Crippen LogP contribution in [0.1, 0.15) is 11.1 Å². The lowest BCUT2D eigenvalue weighted by Crippen LogP contribution is -2.08. The largest absolute Gasteiger partial charge is 0.256 e. The minimum atomic E-state index is -0.683. The molecule has 0 radical (unpaired) electrons. The van der Waals surface area contributed by atoms with Gasteiger partial charge in [-0.15, -0.1) is 0 Å². The summed E-state index contributed by atoms with van der Waals surface area (Å²) in [6.45, 7) is 4.02. The second kappa shape index (κ2) is 6.17. The fraction of sp³-hybridized carbons (Fsp3) is 0.200. The average Bonchev–Trinajstić information content (AvgIpc) is 2.36. The molecule has 4 heteroatoms. The van der Waals surface area contributed by atoms with E-state index in [1.165, 1.54) is 5.56 Å². The van der Waals surface area contributed by atoms with E-state index in [2.05, 4.69) is 6.07 Å². The molecule has 0 spiro atoms. The van der Waals surface area contributed by atoms with E-state index in [-0.39, 0.29) is 0 Å². The van der Waals surface area contributed by atoms with E-state index in [9.17, 15) is 4.39 Å². The van der Waals surface area contributed by atoms with Crippen molar-refractivity contribution in [3.63, 3.8) is 0 Å². The van der Waals surface area contributed by atoms with Gasteiger partial charge in [-0.3, -0.25) is 0 Å². The highest BCUT2D eigenvalue weighted by Gasteiger charge is 2.29. The van der Waals surface area contributed by atoms with Gasteiger partial charge in [-0.25, -0.2) is 0 Å². The molecule has 0 bridgehead atoms. The van der Waals surface area contributed by atoms with Gasteiger partial charge in [0.25, 0.3) is 6.01 Å². The molecule has 0 saturated carbocycles. The van der Waals surface area contributed by atoms with Crippen molar-refractivity contribution < 1.29 is 4.39 Å². The zero-order valence-corrected chi connectivity index (χ0v) is 13.0. The fourth-order valence-corrected chi connectivity index (χ4v) is 4.34. The molecule has 1 unspecified atom stereocenters. The topological polar surface area (TPSA) is 0 Å². The summed E-state index contributed by atoms with van der Waals surface area (Å²) in [6.07, 6.45) is 0. The summed E-state index contributed by atoms with van der Waals surface area (Å²) in [5, 5.41) is 1.14. The minimum Gasteiger partial charge on any atom is -0.192 e. The number of benzene rings is 2. The smallest absolute Gasteiger partial charge is 0.192 e. The van der Waals surface area contributed by atoms with Crippen LogP contribution in [0.5, 0.6) is 0 Å². The first-order valence-corrected chi connectivity index (χ1v) is 7.97. The Morgan fingerprint density at radius 1 is 1.00 bits per heavy atom. The van der Waals surface area contributed by atoms with Crippen molar-refractivity contribution in [2.45, 2.75) is 23.6 Å². The van der Waals surface area contributed by atoms with E-state index in [0.717, 1.165) is 15.4 Å². The lowest BCUT2D eigenvalue weighted by Gasteiger charge is -2.09. The standard InChI is InChI=1S/C15H14Cl2FS/c1-10-3-6-14(11(2)7-10)19(9-18)15-8-12(16)4-5-13(15)17/h3-8H,9H2,1-2H3/q+1. The van der Waals surface area contributed by atoms with Gasteiger partial charge in [-0.2, -0.15) is 4.39 Å². The number of halogens is 3. The molecule has 0 amide bonds. The predicted octanol–water partition coefficient (Wildman–Crippen LogP) is 5.57. The summed E-state index contributed by atoms with van der Waals surface area (Å²) in [6, 6.07) is 10.8. The van der Waals surface area contributed by atoms with Gasteiger partial charge in [-0.05, 0) is 32.0 Å². The molecule has 2 rings (SSSR count). The molecule has 0 fully saturated rings. The van der Waals surface area contributed by atoms with Crippen LogP contribution in [-0.2, 0) is 10.9 Å². The second-order valence-electron chi connectivity index (χ2n) is 4.34. The Morgan fingerprint density at radius 2 is 1.74 bits per heavy atom. The molecule has 0 aromatic heterocycles. The maximum Gasteiger partial charge on any atom is 0.256 e. The average molecular weight is 316 g/mol. The Labute approximate surface area is 125 Å². The van der Waals surface area contributed by atoms with Crippen LogP contribution >= 0.6 is 23.2 Å². The SMILES string of the molecule is Cc1ccc([S+](CF)c2cc(Cl)ccc2Cl)c(C)c1. The van der Waals surface area contributed by atoms with Crippen LogP contribution in [0.4, 0.5) is 4.39 Å². The second-order valence-corrected chi connectivity index (χ2v) is 7.07. The summed E-state index contributed by atoms with van der Waals surface area (Å²) in [4.78, 5) is 1.75. The predicted molar refractivity (Wildman–Crippen MR) is 82.3 cm³/mol. The molecule has 0 N–H and O–H groups in total. The van der Waals surface area contributed by atoms with E-state index in [4.69, 9.17) is 23.2 Å². The molecular weight excluding hydrogens is 302 g/mol. The Balaban J connectivity index is 2.52. The maximum atomic E-state index is 13.5. The van der Waals surface area contributed by atoms with E-state index >= 15 is 0 Å². The van der Waals surface area contributed by atoms with Crippen LogP contribution in [0.25, 0.3) is 0 Å². The first-order valence-electron chi connectivity index (χ1n) is 5.82. The van der Waals surface area contributed by atoms with Crippen LogP contribution in [0.3, 0.4) is 0 Å². The first-order chi connectivity index (χ1) is 9.02. The molecule has 0 nitrogen and oxygen atoms in total. The summed E-state index contributed by atoms with van der Waals surface area (Å²) >= 11 is 12.2. The molecule has 1 atom stereocenters. The van der Waals surface area contributed by atoms with Crippen molar-refractivity contribution >= 4 is 34.1 Å². The Bertz CT molecular complexity index is 599. The van der Waals surface area contributed by atoms with Crippen molar-refractivity contribution in [3.05, 3.63) is 57.6 Å². The van der Waals surface area contributed by atoms with Gasteiger partial charge in [0, 0.05) is 16.7 Å². The van der Waals surface area contributed by atoms with Crippen molar-refractivity contribution in [2.24, 2.45) is 0 Å². The molecule has 2 aromatic rings. The zero-order chi connectivity index (χ0) is 14.0. The third kappa shape index (κ3) is 3.25. The van der Waals surface area contributed by atoms with Gasteiger partial charge in [0.1, 0.15) is 0 Å². The highest BCUT2D eigenvalue weighted by atomic mass is 35.5. The summed E-state index contributed by atoms with van der Waals surface area (Å²) < 4.78 is 13.5. The lowest BCUT2D eigenvalue weighted by molar-refractivity contribution is 0.600. The van der Waals surface area contributed by atoms with Crippen LogP contribution in [0.15, 0.2) is 46.2 Å². The third-order valence-corrected chi connectivity index (χ3v) is 5.62. The van der Waals surface area contributed by atoms with Gasteiger partial charge in [0.2, 0.25) is 0 Å². The number of hydrogen-bond donors (Lipinski definition) is 0. The van der Waals surface area contributed by atoms with Crippen LogP contribution in [0.2, 0.25) is 10.0 Å². The molecular formula is C15H14Cl2FS+. The van der Waals surface area contributed by atoms with Crippen LogP contribution in [0, 0.1) is 13.8 Å². The van der Waals surface area contributed by atoms with Crippen molar-refractivity contribution in [1.82, 2.24) is 0 Å². The van der Waals surface area contributed by atoms with Gasteiger partial charge < -0.3 is 0 Å². The van der Waals surface area contributed by atoms with Crippen LogP contribution < -0.4 is 0 Å². The minimum absolute atomic E-state index is 0.468. The number of alkyl halides is 1. The quantitative estimate of drug-likeness (QED) is 0.649. The molecule has 0 heterocycles. The highest BCUT2D eigenvalue weighted by molar-refractivity contribution is 7.97. The van der Waals surface area contributed by atoms with Crippen molar-refractivity contribution in [3.8, 4) is 0 Å². The number of aryl methyl sites for hydroxylation is 2. The summed E-state index contributed by atoms with van der Waals surface area (Å²) in [5.41, 5.74) is 2.25. The fourth-order valence-electron chi connectivity index (χ4n) is 1.98. The molecule has 19 heavy (non-hydrogen) atoms. The Hall–Kier alpha value is -0.700. The summed E-state index contributed by atoms with van der Waals surface area (Å²) in [5.74, 6) is 0. The molecule has 0 aliphatic rings. The van der Waals surface area contributed by atoms with Crippen LogP contribution in [-0.4, -0.2) is 6.01 Å². The highest BCUT2D eigenvalue weighted by Crippen LogP contribution is 2.33. The Kier molecular flexibility index (Phi) is 4.77. The lowest BCUT2D eigenvalue weighted by atomic mass is 10.2. The van der Waals surface area contributed by atoms with Crippen molar-refractivity contribution in [2.75, 3.05) is 6.01 Å². The van der Waals surface area contributed by atoms with E-state index < -0.39 is 16.9 Å². The maximum absolute atomic E-state index is 13.5. The summed E-state index contributed by atoms with van der Waals surface area (Å²) in [7, 11) is -0.683. The molecule has 100 valence electrons. The zero-order valence-electron chi connectivity index (χ0n) is 10.7. The molecule has 2 aromatic carbocycles. The van der Waals surface area contributed by atoms with E-state index in [0.29, 0.717) is 10.0 Å². The molecule has 0 aliphatic heterocycles. The normalized spacial score (nSPS) is 12.5. The molecule has 0 saturated heterocycles.